The Bertz CT molecular complexity index is 764. The number of aliphatic hydroxyl groups excluding tert-OH is 1. The van der Waals surface area contributed by atoms with Crippen molar-refractivity contribution in [2.75, 3.05) is 13.2 Å². The van der Waals surface area contributed by atoms with Crippen molar-refractivity contribution in [3.8, 4) is 11.1 Å². The molecule has 1 aliphatic carbocycles. The normalized spacial score (nSPS) is 20.6. The van der Waals surface area contributed by atoms with E-state index in [0.717, 1.165) is 41.9 Å². The molecule has 2 fully saturated rings. The lowest BCUT2D eigenvalue weighted by molar-refractivity contribution is 0.0677. The van der Waals surface area contributed by atoms with Crippen molar-refractivity contribution in [1.82, 2.24) is 15.1 Å². The maximum Gasteiger partial charge on any atom is 0.254 e. The Hall–Kier alpha value is -2.14. The molecule has 1 saturated heterocycles. The molecule has 2 aromatic rings. The third-order valence-electron chi connectivity index (χ3n) is 5.19. The van der Waals surface area contributed by atoms with E-state index >= 15 is 0 Å². The molecule has 1 saturated carbocycles. The standard InChI is InChI=1S/C19H23N3O2/c1-12-17(18(21-20-12)13-7-8-13)14-4-2-5-15(10-14)19(24)22-9-3-6-16(22)11-23/h2,4-5,10,13,16,23H,3,6-9,11H2,1H3,(H,20,21)/t16-/m0/s1. The summed E-state index contributed by atoms with van der Waals surface area (Å²) in [6.45, 7) is 2.80. The highest BCUT2D eigenvalue weighted by Gasteiger charge is 2.31. The average Bonchev–Trinajstić information content (AvgIpc) is 3.21. The van der Waals surface area contributed by atoms with E-state index < -0.39 is 0 Å². The zero-order chi connectivity index (χ0) is 16.7. The predicted molar refractivity (Wildman–Crippen MR) is 91.9 cm³/mol. The van der Waals surface area contributed by atoms with Crippen LogP contribution in [-0.4, -0.2) is 45.3 Å². The second-order valence-corrected chi connectivity index (χ2v) is 6.94. The van der Waals surface area contributed by atoms with Crippen LogP contribution in [0.25, 0.3) is 11.1 Å². The van der Waals surface area contributed by atoms with Crippen LogP contribution in [0.2, 0.25) is 0 Å². The van der Waals surface area contributed by atoms with Crippen LogP contribution in [0.3, 0.4) is 0 Å². The summed E-state index contributed by atoms with van der Waals surface area (Å²) in [4.78, 5) is 14.7. The summed E-state index contributed by atoms with van der Waals surface area (Å²) in [5.74, 6) is 0.573. The SMILES string of the molecule is Cc1[nH]nc(C2CC2)c1-c1cccc(C(=O)N2CCC[C@H]2CO)c1. The van der Waals surface area contributed by atoms with Gasteiger partial charge in [0.05, 0.1) is 18.3 Å². The van der Waals surface area contributed by atoms with Crippen molar-refractivity contribution < 1.29 is 9.90 Å². The van der Waals surface area contributed by atoms with Crippen molar-refractivity contribution >= 4 is 5.91 Å². The van der Waals surface area contributed by atoms with E-state index in [-0.39, 0.29) is 18.6 Å². The first-order valence-electron chi connectivity index (χ1n) is 8.76. The second-order valence-electron chi connectivity index (χ2n) is 6.94. The van der Waals surface area contributed by atoms with Crippen LogP contribution >= 0.6 is 0 Å². The van der Waals surface area contributed by atoms with E-state index in [2.05, 4.69) is 10.2 Å². The van der Waals surface area contributed by atoms with Crippen molar-refractivity contribution in [2.24, 2.45) is 0 Å². The van der Waals surface area contributed by atoms with Gasteiger partial charge in [0.1, 0.15) is 0 Å². The Morgan fingerprint density at radius 2 is 2.21 bits per heavy atom. The van der Waals surface area contributed by atoms with Crippen LogP contribution < -0.4 is 0 Å². The number of aliphatic hydroxyl groups is 1. The lowest BCUT2D eigenvalue weighted by atomic mass is 9.99. The van der Waals surface area contributed by atoms with Gasteiger partial charge in [-0.2, -0.15) is 5.10 Å². The highest BCUT2D eigenvalue weighted by atomic mass is 16.3. The molecule has 1 atom stereocenters. The minimum absolute atomic E-state index is 0.0162. The van der Waals surface area contributed by atoms with Gasteiger partial charge in [0.2, 0.25) is 0 Å². The molecule has 5 nitrogen and oxygen atoms in total. The quantitative estimate of drug-likeness (QED) is 0.908. The van der Waals surface area contributed by atoms with Crippen molar-refractivity contribution in [1.29, 1.82) is 0 Å². The molecule has 0 radical (unpaired) electrons. The van der Waals surface area contributed by atoms with Crippen molar-refractivity contribution in [3.05, 3.63) is 41.2 Å². The van der Waals surface area contributed by atoms with Gasteiger partial charge in [0.15, 0.2) is 0 Å². The van der Waals surface area contributed by atoms with Crippen LogP contribution in [0.5, 0.6) is 0 Å². The van der Waals surface area contributed by atoms with Crippen molar-refractivity contribution in [2.45, 2.75) is 44.6 Å². The fourth-order valence-corrected chi connectivity index (χ4v) is 3.73. The summed E-state index contributed by atoms with van der Waals surface area (Å²) >= 11 is 0. The zero-order valence-electron chi connectivity index (χ0n) is 14.0. The van der Waals surface area contributed by atoms with Crippen LogP contribution in [0.4, 0.5) is 0 Å². The topological polar surface area (TPSA) is 69.2 Å². The molecule has 1 aromatic heterocycles. The molecule has 126 valence electrons. The van der Waals surface area contributed by atoms with E-state index in [1.807, 2.05) is 36.1 Å². The number of benzene rings is 1. The minimum Gasteiger partial charge on any atom is -0.394 e. The zero-order valence-corrected chi connectivity index (χ0v) is 14.0. The summed E-state index contributed by atoms with van der Waals surface area (Å²) in [5.41, 5.74) is 5.07. The molecule has 1 amide bonds. The molecule has 1 aromatic carbocycles. The third-order valence-corrected chi connectivity index (χ3v) is 5.19. The summed E-state index contributed by atoms with van der Waals surface area (Å²) in [6.07, 6.45) is 4.24. The summed E-state index contributed by atoms with van der Waals surface area (Å²) in [7, 11) is 0. The molecular weight excluding hydrogens is 302 g/mol. The summed E-state index contributed by atoms with van der Waals surface area (Å²) < 4.78 is 0. The molecule has 2 N–H and O–H groups in total. The van der Waals surface area contributed by atoms with E-state index in [0.29, 0.717) is 11.5 Å². The van der Waals surface area contributed by atoms with Gasteiger partial charge in [-0.25, -0.2) is 0 Å². The summed E-state index contributed by atoms with van der Waals surface area (Å²) in [6, 6.07) is 7.78. The number of carbonyl (C=O) groups is 1. The van der Waals surface area contributed by atoms with E-state index in [1.165, 1.54) is 12.8 Å². The first kappa shape index (κ1) is 15.4. The van der Waals surface area contributed by atoms with E-state index in [9.17, 15) is 9.90 Å². The Morgan fingerprint density at radius 1 is 1.38 bits per heavy atom. The predicted octanol–water partition coefficient (Wildman–Crippen LogP) is 2.86. The van der Waals surface area contributed by atoms with Gasteiger partial charge in [-0.1, -0.05) is 12.1 Å². The highest BCUT2D eigenvalue weighted by Crippen LogP contribution is 2.44. The van der Waals surface area contributed by atoms with Crippen LogP contribution in [-0.2, 0) is 0 Å². The van der Waals surface area contributed by atoms with Gasteiger partial charge in [0.25, 0.3) is 5.91 Å². The number of nitrogens with one attached hydrogen (secondary N) is 1. The Morgan fingerprint density at radius 3 is 2.96 bits per heavy atom. The molecule has 24 heavy (non-hydrogen) atoms. The number of carbonyl (C=O) groups excluding carboxylic acids is 1. The third kappa shape index (κ3) is 2.63. The average molecular weight is 325 g/mol. The van der Waals surface area contributed by atoms with Crippen LogP contribution in [0.15, 0.2) is 24.3 Å². The smallest absolute Gasteiger partial charge is 0.254 e. The molecule has 5 heteroatoms. The number of hydrogen-bond acceptors (Lipinski definition) is 3. The van der Waals surface area contributed by atoms with Gasteiger partial charge in [-0.3, -0.25) is 9.89 Å². The molecular formula is C19H23N3O2. The molecule has 2 heterocycles. The number of rotatable bonds is 4. The van der Waals surface area contributed by atoms with Crippen LogP contribution in [0.1, 0.15) is 53.3 Å². The van der Waals surface area contributed by atoms with Gasteiger partial charge in [-0.15, -0.1) is 0 Å². The second kappa shape index (κ2) is 6.06. The summed E-state index contributed by atoms with van der Waals surface area (Å²) in [5, 5.41) is 17.0. The molecule has 0 unspecified atom stereocenters. The number of aryl methyl sites for hydroxylation is 1. The Labute approximate surface area is 141 Å². The number of aromatic amines is 1. The Balaban J connectivity index is 1.67. The number of aromatic nitrogens is 2. The van der Waals surface area contributed by atoms with E-state index in [1.54, 1.807) is 0 Å². The monoisotopic (exact) mass is 325 g/mol. The number of likely N-dealkylation sites (tertiary alicyclic amines) is 1. The minimum atomic E-state index is -0.0427. The number of amides is 1. The number of nitrogens with zero attached hydrogens (tertiary/aromatic N) is 2. The van der Waals surface area contributed by atoms with Gasteiger partial charge in [-0.05, 0) is 50.3 Å². The lowest BCUT2D eigenvalue weighted by Gasteiger charge is -2.23. The van der Waals surface area contributed by atoms with Gasteiger partial charge >= 0.3 is 0 Å². The highest BCUT2D eigenvalue weighted by molar-refractivity contribution is 5.96. The number of hydrogen-bond donors (Lipinski definition) is 2. The molecule has 0 spiro atoms. The first-order valence-corrected chi connectivity index (χ1v) is 8.76. The van der Waals surface area contributed by atoms with Gasteiger partial charge < -0.3 is 10.0 Å². The number of H-pyrrole nitrogens is 1. The molecule has 4 rings (SSSR count). The van der Waals surface area contributed by atoms with E-state index in [4.69, 9.17) is 0 Å². The molecule has 0 bridgehead atoms. The maximum absolute atomic E-state index is 12.8. The largest absolute Gasteiger partial charge is 0.394 e. The Kier molecular flexibility index (Phi) is 3.88. The van der Waals surface area contributed by atoms with Crippen LogP contribution in [0, 0.1) is 6.92 Å². The maximum atomic E-state index is 12.8. The lowest BCUT2D eigenvalue weighted by Crippen LogP contribution is -2.37. The van der Waals surface area contributed by atoms with Crippen molar-refractivity contribution in [3.63, 3.8) is 0 Å². The molecule has 2 aliphatic rings. The molecule has 1 aliphatic heterocycles. The fraction of sp³-hybridized carbons (Fsp3) is 0.474. The van der Waals surface area contributed by atoms with Gasteiger partial charge in [0, 0.05) is 29.3 Å². The first-order chi connectivity index (χ1) is 11.7. The fourth-order valence-electron chi connectivity index (χ4n) is 3.73.